The van der Waals surface area contributed by atoms with Crippen LogP contribution in [0.4, 0.5) is 5.69 Å². The van der Waals surface area contributed by atoms with E-state index in [2.05, 4.69) is 55.1 Å². The molecule has 4 N–H and O–H groups in total. The number of aromatic hydroxyl groups is 1. The number of nitrogens with two attached hydrogens (primary N) is 1. The van der Waals surface area contributed by atoms with E-state index >= 15 is 0 Å². The van der Waals surface area contributed by atoms with Crippen LogP contribution in [-0.2, 0) is 20.8 Å². The minimum atomic E-state index is -0.458. The lowest BCUT2D eigenvalue weighted by Gasteiger charge is -2.46. The minimum absolute atomic E-state index is 0.0282. The first-order valence-electron chi connectivity index (χ1n) is 17.4. The number of benzodiazepines with no additional fused rings is 1. The number of hydrogen-bond acceptors (Lipinski definition) is 7. The van der Waals surface area contributed by atoms with E-state index < -0.39 is 6.04 Å². The molecule has 50 heavy (non-hydrogen) atoms. The number of benzene rings is 3. The van der Waals surface area contributed by atoms with E-state index in [9.17, 15) is 14.7 Å². The highest BCUT2D eigenvalue weighted by molar-refractivity contribution is 6.32. The number of phenols is 1. The van der Waals surface area contributed by atoms with Crippen LogP contribution >= 0.6 is 11.6 Å². The number of rotatable bonds is 5. The summed E-state index contributed by atoms with van der Waals surface area (Å²) < 4.78 is 6.36. The summed E-state index contributed by atoms with van der Waals surface area (Å²) >= 11 is 6.11. The van der Waals surface area contributed by atoms with E-state index in [0.29, 0.717) is 23.3 Å². The molecule has 1 fully saturated rings. The number of ether oxygens (including phenoxy) is 1. The average molecular weight is 701 g/mol. The third-order valence-electron chi connectivity index (χ3n) is 9.74. The SMILES string of the molecule is CCCCCc1cc(O)c2c(c1)OC(C)(C)[C@@H]1CCC(C)=C[C@@H]21.CN1C(=O)CN=C(c2ccccc2)c2cc(Cl)ccc21.N[C@@H]1CONC1=O. The molecular weight excluding hydrogens is 652 g/mol. The van der Waals surface area contributed by atoms with Crippen molar-refractivity contribution in [1.29, 1.82) is 0 Å². The number of aryl methyl sites for hydroxylation is 1. The number of aliphatic imine (C=N–C) groups is 1. The van der Waals surface area contributed by atoms with Gasteiger partial charge in [0.2, 0.25) is 5.91 Å². The van der Waals surface area contributed by atoms with Crippen molar-refractivity contribution in [3.63, 3.8) is 0 Å². The quantitative estimate of drug-likeness (QED) is 0.190. The Labute approximate surface area is 300 Å². The minimum Gasteiger partial charge on any atom is -0.507 e. The number of halogens is 1. The van der Waals surface area contributed by atoms with Gasteiger partial charge in [-0.3, -0.25) is 19.4 Å². The van der Waals surface area contributed by atoms with Crippen molar-refractivity contribution in [2.75, 3.05) is 25.1 Å². The third kappa shape index (κ3) is 8.57. The van der Waals surface area contributed by atoms with Crippen LogP contribution in [-0.4, -0.2) is 54.5 Å². The van der Waals surface area contributed by atoms with Crippen LogP contribution < -0.4 is 20.9 Å². The Morgan fingerprint density at radius 2 is 1.86 bits per heavy atom. The van der Waals surface area contributed by atoms with Crippen molar-refractivity contribution in [2.45, 2.75) is 83.8 Å². The maximum absolute atomic E-state index is 12.0. The van der Waals surface area contributed by atoms with Crippen LogP contribution in [0.1, 0.15) is 88.0 Å². The molecule has 0 bridgehead atoms. The smallest absolute Gasteiger partial charge is 0.262 e. The van der Waals surface area contributed by atoms with Gasteiger partial charge < -0.3 is 20.5 Å². The molecule has 0 spiro atoms. The fourth-order valence-corrected chi connectivity index (χ4v) is 7.13. The van der Waals surface area contributed by atoms with E-state index in [4.69, 9.17) is 22.1 Å². The summed E-state index contributed by atoms with van der Waals surface area (Å²) in [5.74, 6) is 1.78. The number of hydroxylamine groups is 1. The molecule has 1 saturated heterocycles. The van der Waals surface area contributed by atoms with Gasteiger partial charge in [0, 0.05) is 40.6 Å². The molecule has 1 aliphatic carbocycles. The molecule has 266 valence electrons. The monoisotopic (exact) mass is 700 g/mol. The number of phenolic OH excluding ortho intramolecular Hbond substituents is 1. The molecule has 0 aromatic heterocycles. The number of fused-ring (bicyclic) bond motifs is 4. The van der Waals surface area contributed by atoms with E-state index in [0.717, 1.165) is 53.1 Å². The molecule has 0 saturated carbocycles. The number of nitrogens with zero attached hydrogens (tertiary/aromatic N) is 2. The number of nitrogens with one attached hydrogen (secondary N) is 1. The highest BCUT2D eigenvalue weighted by atomic mass is 35.5. The van der Waals surface area contributed by atoms with Crippen molar-refractivity contribution in [3.8, 4) is 11.5 Å². The average Bonchev–Trinajstić information content (AvgIpc) is 3.41. The van der Waals surface area contributed by atoms with Crippen LogP contribution in [0.25, 0.3) is 0 Å². The second kappa shape index (κ2) is 16.2. The Balaban J connectivity index is 0.000000164. The molecule has 3 heterocycles. The number of carbonyl (C=O) groups is 2. The summed E-state index contributed by atoms with van der Waals surface area (Å²) in [5.41, 5.74) is 14.2. The van der Waals surface area contributed by atoms with Crippen LogP contribution in [0.2, 0.25) is 5.02 Å². The standard InChI is InChI=1S/C21H30O2.C16H13ClN2O.C3H6N2O2/c1-5-6-7-8-15-12-18(22)20-16-11-14(2)9-10-17(16)21(3,4)23-19(20)13-15;1-19-14-8-7-12(17)9-13(14)16(18-10-15(19)20)11-5-3-2-4-6-11;4-2-1-7-5-3(2)6/h11-13,16-17,22H,5-10H2,1-4H3;2-9H,10H2,1H3;2H,1,4H2,(H,5,6)/t16-,17-;;2-/m1.1/s1. The van der Waals surface area contributed by atoms with Crippen molar-refractivity contribution >= 4 is 34.8 Å². The zero-order chi connectivity index (χ0) is 36.0. The van der Waals surface area contributed by atoms with Crippen molar-refractivity contribution < 1.29 is 24.3 Å². The van der Waals surface area contributed by atoms with Gasteiger partial charge in [0.1, 0.15) is 29.7 Å². The number of anilines is 1. The predicted molar refractivity (Wildman–Crippen MR) is 199 cm³/mol. The van der Waals surface area contributed by atoms with Crippen LogP contribution in [0, 0.1) is 5.92 Å². The van der Waals surface area contributed by atoms with Gasteiger partial charge in [0.05, 0.1) is 18.0 Å². The Hall–Kier alpha value is -4.18. The van der Waals surface area contributed by atoms with Crippen molar-refractivity contribution in [1.82, 2.24) is 5.48 Å². The highest BCUT2D eigenvalue weighted by Gasteiger charge is 2.45. The largest absolute Gasteiger partial charge is 0.507 e. The van der Waals surface area contributed by atoms with E-state index in [1.165, 1.54) is 30.4 Å². The first kappa shape index (κ1) is 37.1. The van der Waals surface area contributed by atoms with Gasteiger partial charge in [-0.1, -0.05) is 73.3 Å². The summed E-state index contributed by atoms with van der Waals surface area (Å²) in [6.45, 7) is 9.25. The lowest BCUT2D eigenvalue weighted by Crippen LogP contribution is -2.45. The zero-order valence-corrected chi connectivity index (χ0v) is 30.4. The summed E-state index contributed by atoms with van der Waals surface area (Å²) in [7, 11) is 1.76. The van der Waals surface area contributed by atoms with Gasteiger partial charge in [0.25, 0.3) is 5.91 Å². The predicted octanol–water partition coefficient (Wildman–Crippen LogP) is 7.26. The van der Waals surface area contributed by atoms with Crippen LogP contribution in [0.15, 0.2) is 77.3 Å². The summed E-state index contributed by atoms with van der Waals surface area (Å²) in [4.78, 5) is 32.8. The molecule has 0 radical (unpaired) electrons. The Morgan fingerprint density at radius 1 is 1.10 bits per heavy atom. The maximum atomic E-state index is 12.0. The summed E-state index contributed by atoms with van der Waals surface area (Å²) in [6.07, 6.45) is 9.26. The molecule has 3 aliphatic heterocycles. The Kier molecular flexibility index (Phi) is 12.0. The topological polar surface area (TPSA) is 126 Å². The van der Waals surface area contributed by atoms with Gasteiger partial charge in [-0.05, 0) is 82.3 Å². The zero-order valence-electron chi connectivity index (χ0n) is 29.7. The molecule has 0 unspecified atom stereocenters. The Bertz CT molecular complexity index is 1760. The molecule has 9 nitrogen and oxygen atoms in total. The number of likely N-dealkylation sites (N-methyl/N-ethyl adjacent to an activating group) is 1. The number of carbonyl (C=O) groups excluding carboxylic acids is 2. The fourth-order valence-electron chi connectivity index (χ4n) is 6.96. The fraction of sp³-hybridized carbons (Fsp3) is 0.425. The molecule has 2 amide bonds. The van der Waals surface area contributed by atoms with Crippen LogP contribution in [0.5, 0.6) is 11.5 Å². The van der Waals surface area contributed by atoms with Crippen LogP contribution in [0.3, 0.4) is 0 Å². The van der Waals surface area contributed by atoms with Gasteiger partial charge in [0.15, 0.2) is 0 Å². The van der Waals surface area contributed by atoms with E-state index in [-0.39, 0.29) is 29.9 Å². The molecule has 3 aromatic carbocycles. The van der Waals surface area contributed by atoms with Gasteiger partial charge in [-0.15, -0.1) is 0 Å². The number of allylic oxidation sites excluding steroid dienone is 2. The summed E-state index contributed by atoms with van der Waals surface area (Å²) in [5, 5.41) is 11.3. The molecule has 4 aliphatic rings. The van der Waals surface area contributed by atoms with Gasteiger partial charge >= 0.3 is 0 Å². The van der Waals surface area contributed by atoms with E-state index in [1.807, 2.05) is 48.5 Å². The maximum Gasteiger partial charge on any atom is 0.262 e. The van der Waals surface area contributed by atoms with Crippen molar-refractivity contribution in [2.24, 2.45) is 16.6 Å². The normalized spacial score (nSPS) is 21.7. The molecule has 3 atom stereocenters. The van der Waals surface area contributed by atoms with Crippen molar-refractivity contribution in [3.05, 3.63) is 99.6 Å². The number of unbranched alkanes of at least 4 members (excludes halogenated alkanes) is 2. The molecule has 3 aromatic rings. The second-order valence-electron chi connectivity index (χ2n) is 13.9. The first-order valence-corrected chi connectivity index (χ1v) is 17.8. The lowest BCUT2D eigenvalue weighted by molar-refractivity contribution is -0.124. The van der Waals surface area contributed by atoms with Gasteiger partial charge in [-0.25, -0.2) is 5.48 Å². The molecule has 10 heteroatoms. The lowest BCUT2D eigenvalue weighted by atomic mass is 9.68. The Morgan fingerprint density at radius 3 is 2.52 bits per heavy atom. The highest BCUT2D eigenvalue weighted by Crippen LogP contribution is 2.53. The molecule has 7 rings (SSSR count). The third-order valence-corrected chi connectivity index (χ3v) is 9.97. The number of hydrogen-bond donors (Lipinski definition) is 3. The summed E-state index contributed by atoms with van der Waals surface area (Å²) in [6, 6.07) is 19.0. The number of amides is 2. The van der Waals surface area contributed by atoms with E-state index in [1.54, 1.807) is 18.0 Å². The first-order chi connectivity index (χ1) is 23.9. The molecular formula is C40H49ClN4O5. The van der Waals surface area contributed by atoms with Gasteiger partial charge in [-0.2, -0.15) is 0 Å². The second-order valence-corrected chi connectivity index (χ2v) is 14.3.